The fraction of sp³-hybridized carbons (Fsp3) is 0.435. The van der Waals surface area contributed by atoms with Gasteiger partial charge in [0.25, 0.3) is 0 Å². The lowest BCUT2D eigenvalue weighted by atomic mass is 9.90. The maximum atomic E-state index is 13.0. The molecule has 1 aliphatic heterocycles. The highest BCUT2D eigenvalue weighted by molar-refractivity contribution is 7.89. The zero-order chi connectivity index (χ0) is 21.8. The maximum Gasteiger partial charge on any atom is 0.243 e. The number of carbonyl (C=O) groups is 1. The lowest BCUT2D eigenvalue weighted by molar-refractivity contribution is -0.115. The smallest absolute Gasteiger partial charge is 0.243 e. The van der Waals surface area contributed by atoms with Gasteiger partial charge in [-0.3, -0.25) is 4.79 Å². The number of carbonyl (C=O) groups excluding carboxylic acids is 1. The first-order valence-electron chi connectivity index (χ1n) is 10.6. The molecular formula is C23H28N2O5S. The van der Waals surface area contributed by atoms with Crippen molar-refractivity contribution in [3.8, 4) is 5.75 Å². The number of benzene rings is 2. The fourth-order valence-electron chi connectivity index (χ4n) is 4.16. The van der Waals surface area contributed by atoms with Gasteiger partial charge in [-0.05, 0) is 60.6 Å². The molecule has 0 atom stereocenters. The molecule has 2 aliphatic rings. The topological polar surface area (TPSA) is 84.9 Å². The number of rotatable bonds is 6. The number of nitrogens with zero attached hydrogens (tertiary/aromatic N) is 1. The summed E-state index contributed by atoms with van der Waals surface area (Å²) in [7, 11) is -2.18. The number of fused-ring (bicyclic) bond motifs is 1. The molecular weight excluding hydrogens is 416 g/mol. The summed E-state index contributed by atoms with van der Waals surface area (Å²) in [6, 6.07) is 10.8. The lowest BCUT2D eigenvalue weighted by Gasteiger charge is -2.26. The molecule has 1 N–H and O–H groups in total. The number of anilines is 1. The molecule has 0 spiro atoms. The SMILES string of the molecule is COc1ccc(S(=O)(=O)N2CCOCC2)cc1NC(=O)Cc1ccc2c(c1)CCCC2. The molecule has 2 aromatic rings. The predicted octanol–water partition coefficient (Wildman–Crippen LogP) is 2.78. The zero-order valence-corrected chi connectivity index (χ0v) is 18.5. The number of aryl methyl sites for hydroxylation is 2. The molecule has 1 saturated heterocycles. The van der Waals surface area contributed by atoms with Crippen LogP contribution in [0.15, 0.2) is 41.3 Å². The Morgan fingerprint density at radius 1 is 1.06 bits per heavy atom. The van der Waals surface area contributed by atoms with Crippen molar-refractivity contribution in [1.29, 1.82) is 0 Å². The Bertz CT molecular complexity index is 1060. The van der Waals surface area contributed by atoms with Crippen LogP contribution in [-0.2, 0) is 38.8 Å². The van der Waals surface area contributed by atoms with Crippen LogP contribution < -0.4 is 10.1 Å². The van der Waals surface area contributed by atoms with Gasteiger partial charge in [-0.1, -0.05) is 18.2 Å². The van der Waals surface area contributed by atoms with E-state index >= 15 is 0 Å². The number of hydrogen-bond acceptors (Lipinski definition) is 5. The Morgan fingerprint density at radius 3 is 2.55 bits per heavy atom. The van der Waals surface area contributed by atoms with Gasteiger partial charge in [-0.2, -0.15) is 4.31 Å². The average Bonchev–Trinajstić information content (AvgIpc) is 2.79. The van der Waals surface area contributed by atoms with E-state index in [0.29, 0.717) is 37.7 Å². The minimum absolute atomic E-state index is 0.124. The van der Waals surface area contributed by atoms with Crippen LogP contribution in [0.5, 0.6) is 5.75 Å². The Kier molecular flexibility index (Phi) is 6.60. The van der Waals surface area contributed by atoms with Crippen molar-refractivity contribution >= 4 is 21.6 Å². The van der Waals surface area contributed by atoms with Gasteiger partial charge >= 0.3 is 0 Å². The minimum Gasteiger partial charge on any atom is -0.495 e. The number of sulfonamides is 1. The highest BCUT2D eigenvalue weighted by Crippen LogP contribution is 2.30. The first-order valence-corrected chi connectivity index (χ1v) is 12.1. The molecule has 0 radical (unpaired) electrons. The van der Waals surface area contributed by atoms with Crippen LogP contribution in [0.3, 0.4) is 0 Å². The van der Waals surface area contributed by atoms with E-state index in [9.17, 15) is 13.2 Å². The number of morpholine rings is 1. The number of methoxy groups -OCH3 is 1. The molecule has 1 heterocycles. The number of hydrogen-bond donors (Lipinski definition) is 1. The zero-order valence-electron chi connectivity index (χ0n) is 17.7. The molecule has 8 heteroatoms. The van der Waals surface area contributed by atoms with E-state index in [4.69, 9.17) is 9.47 Å². The van der Waals surface area contributed by atoms with Crippen LogP contribution in [-0.4, -0.2) is 52.0 Å². The van der Waals surface area contributed by atoms with Crippen LogP contribution in [0.1, 0.15) is 29.5 Å². The van der Waals surface area contributed by atoms with Gasteiger partial charge < -0.3 is 14.8 Å². The van der Waals surface area contributed by atoms with Crippen LogP contribution in [0, 0.1) is 0 Å². The highest BCUT2D eigenvalue weighted by atomic mass is 32.2. The quantitative estimate of drug-likeness (QED) is 0.741. The summed E-state index contributed by atoms with van der Waals surface area (Å²) in [5, 5.41) is 2.83. The third-order valence-corrected chi connectivity index (χ3v) is 7.73. The standard InChI is InChI=1S/C23H28N2O5S/c1-29-22-9-8-20(31(27,28)25-10-12-30-13-11-25)16-21(22)24-23(26)15-17-6-7-18-4-2-3-5-19(18)14-17/h6-9,14,16H,2-5,10-13,15H2,1H3,(H,24,26). The Balaban J connectivity index is 1.52. The van der Waals surface area contributed by atoms with Crippen molar-refractivity contribution in [2.75, 3.05) is 38.7 Å². The predicted molar refractivity (Wildman–Crippen MR) is 118 cm³/mol. The molecule has 0 saturated carbocycles. The third kappa shape index (κ3) is 4.92. The van der Waals surface area contributed by atoms with Gasteiger partial charge in [0.05, 0.1) is 37.3 Å². The van der Waals surface area contributed by atoms with Crippen LogP contribution in [0.25, 0.3) is 0 Å². The first-order chi connectivity index (χ1) is 15.0. The Labute approximate surface area is 183 Å². The number of ether oxygens (including phenoxy) is 2. The van der Waals surface area contributed by atoms with Crippen molar-refractivity contribution in [1.82, 2.24) is 4.31 Å². The van der Waals surface area contributed by atoms with E-state index in [1.54, 1.807) is 6.07 Å². The van der Waals surface area contributed by atoms with E-state index in [0.717, 1.165) is 18.4 Å². The second kappa shape index (κ2) is 9.38. The normalized spacial score (nSPS) is 17.1. The molecule has 4 rings (SSSR count). The fourth-order valence-corrected chi connectivity index (χ4v) is 5.59. The van der Waals surface area contributed by atoms with Crippen molar-refractivity contribution < 1.29 is 22.7 Å². The number of amides is 1. The highest BCUT2D eigenvalue weighted by Gasteiger charge is 2.27. The summed E-state index contributed by atoms with van der Waals surface area (Å²) in [6.45, 7) is 1.38. The number of nitrogens with one attached hydrogen (secondary N) is 1. The molecule has 1 aliphatic carbocycles. The minimum atomic E-state index is -3.67. The molecule has 0 aromatic heterocycles. The van der Waals surface area contributed by atoms with E-state index in [2.05, 4.69) is 17.4 Å². The van der Waals surface area contributed by atoms with Gasteiger partial charge in [0.2, 0.25) is 15.9 Å². The summed E-state index contributed by atoms with van der Waals surface area (Å²) in [6.07, 6.45) is 4.78. The summed E-state index contributed by atoms with van der Waals surface area (Å²) in [4.78, 5) is 12.9. The Morgan fingerprint density at radius 2 is 1.81 bits per heavy atom. The van der Waals surface area contributed by atoms with Gasteiger partial charge in [-0.15, -0.1) is 0 Å². The van der Waals surface area contributed by atoms with E-state index in [1.807, 2.05) is 6.07 Å². The molecule has 1 amide bonds. The first kappa shape index (κ1) is 21.8. The average molecular weight is 445 g/mol. The van der Waals surface area contributed by atoms with Crippen molar-refractivity contribution in [3.63, 3.8) is 0 Å². The summed E-state index contributed by atoms with van der Waals surface area (Å²) >= 11 is 0. The molecule has 31 heavy (non-hydrogen) atoms. The maximum absolute atomic E-state index is 13.0. The molecule has 0 bridgehead atoms. The largest absolute Gasteiger partial charge is 0.495 e. The second-order valence-corrected chi connectivity index (χ2v) is 9.85. The molecule has 166 valence electrons. The lowest BCUT2D eigenvalue weighted by Crippen LogP contribution is -2.40. The summed E-state index contributed by atoms with van der Waals surface area (Å²) in [5.74, 6) is 0.203. The van der Waals surface area contributed by atoms with Crippen molar-refractivity contribution in [2.45, 2.75) is 37.0 Å². The molecule has 0 unspecified atom stereocenters. The van der Waals surface area contributed by atoms with E-state index in [1.165, 1.54) is 47.5 Å². The third-order valence-electron chi connectivity index (χ3n) is 5.83. The molecule has 7 nitrogen and oxygen atoms in total. The Hall–Kier alpha value is -2.42. The van der Waals surface area contributed by atoms with Gasteiger partial charge in [-0.25, -0.2) is 8.42 Å². The van der Waals surface area contributed by atoms with Crippen molar-refractivity contribution in [2.24, 2.45) is 0 Å². The molecule has 1 fully saturated rings. The second-order valence-electron chi connectivity index (χ2n) is 7.91. The van der Waals surface area contributed by atoms with E-state index in [-0.39, 0.29) is 17.2 Å². The van der Waals surface area contributed by atoms with Crippen LogP contribution >= 0.6 is 0 Å². The van der Waals surface area contributed by atoms with Crippen molar-refractivity contribution in [3.05, 3.63) is 53.1 Å². The van der Waals surface area contributed by atoms with Gasteiger partial charge in [0, 0.05) is 13.1 Å². The van der Waals surface area contributed by atoms with Crippen LogP contribution in [0.4, 0.5) is 5.69 Å². The summed E-state index contributed by atoms with van der Waals surface area (Å²) < 4.78 is 37.9. The molecule has 2 aromatic carbocycles. The van der Waals surface area contributed by atoms with E-state index < -0.39 is 10.0 Å². The van der Waals surface area contributed by atoms with Crippen LogP contribution in [0.2, 0.25) is 0 Å². The van der Waals surface area contributed by atoms with Gasteiger partial charge in [0.15, 0.2) is 0 Å². The monoisotopic (exact) mass is 444 g/mol. The van der Waals surface area contributed by atoms with Gasteiger partial charge in [0.1, 0.15) is 5.75 Å². The summed E-state index contributed by atoms with van der Waals surface area (Å²) in [5.41, 5.74) is 4.00.